The van der Waals surface area contributed by atoms with Crippen LogP contribution in [-0.4, -0.2) is 33.0 Å². The topological polar surface area (TPSA) is 76.7 Å². The van der Waals surface area contributed by atoms with E-state index in [1.165, 1.54) is 12.8 Å². The van der Waals surface area contributed by atoms with Crippen LogP contribution in [0.4, 0.5) is 0 Å². The number of nitrogens with zero attached hydrogens (tertiary/aromatic N) is 4. The molecular formula is C14H19N5O. The zero-order chi connectivity index (χ0) is 13.9. The average molecular weight is 273 g/mol. The van der Waals surface area contributed by atoms with Crippen molar-refractivity contribution >= 4 is 0 Å². The molecule has 0 bridgehead atoms. The highest BCUT2D eigenvalue weighted by molar-refractivity contribution is 5.56. The first kappa shape index (κ1) is 13.2. The van der Waals surface area contributed by atoms with Gasteiger partial charge in [-0.2, -0.15) is 10.2 Å². The van der Waals surface area contributed by atoms with E-state index in [1.54, 1.807) is 0 Å². The fraction of sp³-hybridized carbons (Fsp3) is 0.571. The zero-order valence-corrected chi connectivity index (χ0v) is 11.9. The normalized spacial score (nSPS) is 14.7. The van der Waals surface area contributed by atoms with Gasteiger partial charge in [-0.1, -0.05) is 6.92 Å². The molecule has 3 rings (SSSR count). The zero-order valence-electron chi connectivity index (χ0n) is 11.9. The summed E-state index contributed by atoms with van der Waals surface area (Å²) in [5.74, 6) is 1.21. The van der Waals surface area contributed by atoms with Gasteiger partial charge in [0.25, 0.3) is 0 Å². The number of aryl methyl sites for hydroxylation is 2. The van der Waals surface area contributed by atoms with Crippen molar-refractivity contribution in [2.75, 3.05) is 6.54 Å². The summed E-state index contributed by atoms with van der Waals surface area (Å²) in [6, 6.07) is 2.65. The molecule has 1 N–H and O–H groups in total. The van der Waals surface area contributed by atoms with E-state index in [1.807, 2.05) is 19.9 Å². The molecule has 106 valence electrons. The van der Waals surface area contributed by atoms with E-state index < -0.39 is 0 Å². The quantitative estimate of drug-likeness (QED) is 0.863. The van der Waals surface area contributed by atoms with Crippen molar-refractivity contribution < 1.29 is 4.42 Å². The van der Waals surface area contributed by atoms with E-state index in [0.29, 0.717) is 17.8 Å². The second kappa shape index (κ2) is 5.66. The third-order valence-electron chi connectivity index (χ3n) is 3.37. The molecule has 0 spiro atoms. The molecule has 20 heavy (non-hydrogen) atoms. The molecular weight excluding hydrogens is 254 g/mol. The van der Waals surface area contributed by atoms with Crippen LogP contribution in [-0.2, 0) is 12.8 Å². The molecule has 0 amide bonds. The monoisotopic (exact) mass is 273 g/mol. The average Bonchev–Trinajstić information content (AvgIpc) is 3.15. The minimum Gasteiger partial charge on any atom is -0.421 e. The van der Waals surface area contributed by atoms with Gasteiger partial charge in [0.2, 0.25) is 11.8 Å². The molecule has 0 aromatic carbocycles. The van der Waals surface area contributed by atoms with Gasteiger partial charge >= 0.3 is 0 Å². The summed E-state index contributed by atoms with van der Waals surface area (Å²) in [6.07, 6.45) is 4.14. The van der Waals surface area contributed by atoms with E-state index in [0.717, 1.165) is 36.3 Å². The van der Waals surface area contributed by atoms with Gasteiger partial charge in [-0.15, -0.1) is 10.2 Å². The van der Waals surface area contributed by atoms with Gasteiger partial charge in [0.05, 0.1) is 17.0 Å². The Labute approximate surface area is 118 Å². The second-order valence-electron chi connectivity index (χ2n) is 5.18. The summed E-state index contributed by atoms with van der Waals surface area (Å²) in [4.78, 5) is 0. The van der Waals surface area contributed by atoms with Crippen LogP contribution >= 0.6 is 0 Å². The molecule has 6 heteroatoms. The minimum atomic E-state index is 0.543. The van der Waals surface area contributed by atoms with Crippen LogP contribution < -0.4 is 5.32 Å². The second-order valence-corrected chi connectivity index (χ2v) is 5.18. The van der Waals surface area contributed by atoms with Crippen LogP contribution in [0, 0.1) is 6.92 Å². The Morgan fingerprint density at radius 2 is 2.10 bits per heavy atom. The van der Waals surface area contributed by atoms with Crippen LogP contribution in [0.3, 0.4) is 0 Å². The van der Waals surface area contributed by atoms with Crippen molar-refractivity contribution in [3.63, 3.8) is 0 Å². The lowest BCUT2D eigenvalue weighted by Crippen LogP contribution is -2.19. The van der Waals surface area contributed by atoms with E-state index in [2.05, 4.69) is 25.7 Å². The fourth-order valence-electron chi connectivity index (χ4n) is 2.09. The Hall–Kier alpha value is -1.82. The lowest BCUT2D eigenvalue weighted by Gasteiger charge is -2.02. The molecule has 1 fully saturated rings. The molecule has 2 aromatic rings. The standard InChI is InChI=1S/C14H19N5O/c1-3-12-11(8-9(2)16-17-12)14-19-18-13(20-14)6-7-15-10-4-5-10/h8,10,15H,3-7H2,1-2H3. The van der Waals surface area contributed by atoms with Crippen molar-refractivity contribution in [1.29, 1.82) is 0 Å². The molecule has 1 saturated carbocycles. The molecule has 0 unspecified atom stereocenters. The summed E-state index contributed by atoms with van der Waals surface area (Å²) >= 11 is 0. The first-order chi connectivity index (χ1) is 9.76. The molecule has 1 aliphatic carbocycles. The minimum absolute atomic E-state index is 0.543. The Bertz CT molecular complexity index is 591. The molecule has 0 saturated heterocycles. The maximum absolute atomic E-state index is 5.74. The van der Waals surface area contributed by atoms with Crippen molar-refractivity contribution in [2.45, 2.75) is 45.6 Å². The van der Waals surface area contributed by atoms with E-state index in [9.17, 15) is 0 Å². The number of rotatable bonds is 6. The highest BCUT2D eigenvalue weighted by Crippen LogP contribution is 2.22. The Balaban J connectivity index is 1.73. The van der Waals surface area contributed by atoms with Crippen molar-refractivity contribution in [2.24, 2.45) is 0 Å². The predicted molar refractivity (Wildman–Crippen MR) is 74.2 cm³/mol. The summed E-state index contributed by atoms with van der Waals surface area (Å²) in [7, 11) is 0. The number of hydrogen-bond acceptors (Lipinski definition) is 6. The fourth-order valence-corrected chi connectivity index (χ4v) is 2.09. The Kier molecular flexibility index (Phi) is 3.73. The van der Waals surface area contributed by atoms with Gasteiger partial charge in [-0.05, 0) is 32.3 Å². The third-order valence-corrected chi connectivity index (χ3v) is 3.37. The van der Waals surface area contributed by atoms with E-state index in [4.69, 9.17) is 4.42 Å². The molecule has 6 nitrogen and oxygen atoms in total. The van der Waals surface area contributed by atoms with E-state index >= 15 is 0 Å². The lowest BCUT2D eigenvalue weighted by atomic mass is 10.1. The molecule has 0 radical (unpaired) electrons. The maximum atomic E-state index is 5.74. The van der Waals surface area contributed by atoms with E-state index in [-0.39, 0.29) is 0 Å². The van der Waals surface area contributed by atoms with Gasteiger partial charge in [-0.25, -0.2) is 0 Å². The lowest BCUT2D eigenvalue weighted by molar-refractivity contribution is 0.493. The molecule has 0 atom stereocenters. The van der Waals surface area contributed by atoms with Crippen LogP contribution in [0.15, 0.2) is 10.5 Å². The first-order valence-electron chi connectivity index (χ1n) is 7.15. The van der Waals surface area contributed by atoms with Gasteiger partial charge in [-0.3, -0.25) is 0 Å². The van der Waals surface area contributed by atoms with Crippen LogP contribution in [0.5, 0.6) is 0 Å². The Morgan fingerprint density at radius 3 is 2.85 bits per heavy atom. The van der Waals surface area contributed by atoms with Crippen LogP contribution in [0.25, 0.3) is 11.5 Å². The first-order valence-corrected chi connectivity index (χ1v) is 7.15. The largest absolute Gasteiger partial charge is 0.421 e. The third kappa shape index (κ3) is 3.01. The SMILES string of the molecule is CCc1nnc(C)cc1-c1nnc(CCNC2CC2)o1. The smallest absolute Gasteiger partial charge is 0.249 e. The summed E-state index contributed by atoms with van der Waals surface area (Å²) in [5, 5.41) is 19.9. The highest BCUT2D eigenvalue weighted by Gasteiger charge is 2.20. The highest BCUT2D eigenvalue weighted by atomic mass is 16.4. The van der Waals surface area contributed by atoms with Crippen LogP contribution in [0.2, 0.25) is 0 Å². The molecule has 0 aliphatic heterocycles. The van der Waals surface area contributed by atoms with Crippen molar-refractivity contribution in [3.8, 4) is 11.5 Å². The van der Waals surface area contributed by atoms with Gasteiger partial charge < -0.3 is 9.73 Å². The number of hydrogen-bond donors (Lipinski definition) is 1. The molecule has 2 heterocycles. The molecule has 2 aromatic heterocycles. The van der Waals surface area contributed by atoms with Crippen molar-refractivity contribution in [3.05, 3.63) is 23.3 Å². The van der Waals surface area contributed by atoms with Crippen molar-refractivity contribution in [1.82, 2.24) is 25.7 Å². The van der Waals surface area contributed by atoms with Crippen LogP contribution in [0.1, 0.15) is 37.0 Å². The molecule has 1 aliphatic rings. The van der Waals surface area contributed by atoms with Gasteiger partial charge in [0.1, 0.15) is 0 Å². The number of nitrogens with one attached hydrogen (secondary N) is 1. The predicted octanol–water partition coefficient (Wildman–Crippen LogP) is 1.69. The van der Waals surface area contributed by atoms with Gasteiger partial charge in [0.15, 0.2) is 0 Å². The number of aromatic nitrogens is 4. The Morgan fingerprint density at radius 1 is 1.25 bits per heavy atom. The summed E-state index contributed by atoms with van der Waals surface area (Å²) in [5.41, 5.74) is 2.64. The maximum Gasteiger partial charge on any atom is 0.249 e. The van der Waals surface area contributed by atoms with Gasteiger partial charge in [0, 0.05) is 19.0 Å². The summed E-state index contributed by atoms with van der Waals surface area (Å²) < 4.78 is 5.74. The summed E-state index contributed by atoms with van der Waals surface area (Å²) in [6.45, 7) is 4.84.